The maximum absolute atomic E-state index is 4.34. The number of aryl methyl sites for hydroxylation is 1. The molecule has 0 aliphatic rings. The van der Waals surface area contributed by atoms with E-state index in [1.807, 2.05) is 26.2 Å². The first-order valence-electron chi connectivity index (χ1n) is 5.05. The van der Waals surface area contributed by atoms with Crippen LogP contribution in [0.4, 0.5) is 0 Å². The van der Waals surface area contributed by atoms with Gasteiger partial charge in [-0.2, -0.15) is 0 Å². The van der Waals surface area contributed by atoms with E-state index in [1.54, 1.807) is 11.3 Å². The first-order valence-corrected chi connectivity index (χ1v) is 6.72. The summed E-state index contributed by atoms with van der Waals surface area (Å²) in [7, 11) is 1.97. The first kappa shape index (κ1) is 11.8. The molecule has 0 saturated heterocycles. The van der Waals surface area contributed by atoms with E-state index in [2.05, 4.69) is 43.7 Å². The molecule has 0 fully saturated rings. The molecule has 0 spiro atoms. The molecule has 2 nitrogen and oxygen atoms in total. The van der Waals surface area contributed by atoms with Gasteiger partial charge in [0, 0.05) is 21.2 Å². The minimum absolute atomic E-state index is 0.211. The summed E-state index contributed by atoms with van der Waals surface area (Å²) in [6, 6.07) is 6.45. The van der Waals surface area contributed by atoms with Crippen molar-refractivity contribution in [2.24, 2.45) is 0 Å². The molecule has 0 aromatic carbocycles. The van der Waals surface area contributed by atoms with Crippen LogP contribution in [0.5, 0.6) is 0 Å². The van der Waals surface area contributed by atoms with Crippen molar-refractivity contribution < 1.29 is 0 Å². The lowest BCUT2D eigenvalue weighted by Crippen LogP contribution is -2.17. The number of nitrogens with one attached hydrogen (secondary N) is 1. The molecule has 2 aromatic rings. The molecular formula is C12H13BrN2S. The van der Waals surface area contributed by atoms with Gasteiger partial charge in [0.15, 0.2) is 0 Å². The lowest BCUT2D eigenvalue weighted by molar-refractivity contribution is 0.697. The van der Waals surface area contributed by atoms with Crippen molar-refractivity contribution in [3.05, 3.63) is 50.4 Å². The summed E-state index contributed by atoms with van der Waals surface area (Å²) in [4.78, 5) is 5.62. The number of nitrogens with zero attached hydrogens (tertiary/aromatic N) is 1. The van der Waals surface area contributed by atoms with Gasteiger partial charge in [0.25, 0.3) is 0 Å². The minimum Gasteiger partial charge on any atom is -0.309 e. The monoisotopic (exact) mass is 296 g/mol. The number of aromatic nitrogens is 1. The summed E-state index contributed by atoms with van der Waals surface area (Å²) >= 11 is 5.31. The normalized spacial score (nSPS) is 12.7. The Morgan fingerprint density at radius 3 is 2.69 bits per heavy atom. The van der Waals surface area contributed by atoms with Crippen LogP contribution in [0.15, 0.2) is 34.2 Å². The fraction of sp³-hybridized carbons (Fsp3) is 0.250. The second kappa shape index (κ2) is 5.08. The molecule has 0 radical (unpaired) electrons. The largest absolute Gasteiger partial charge is 0.309 e. The Balaban J connectivity index is 2.37. The van der Waals surface area contributed by atoms with E-state index in [9.17, 15) is 0 Å². The highest BCUT2D eigenvalue weighted by molar-refractivity contribution is 9.10. The number of halogens is 1. The van der Waals surface area contributed by atoms with E-state index >= 15 is 0 Å². The summed E-state index contributed by atoms with van der Waals surface area (Å²) < 4.78 is 1.15. The van der Waals surface area contributed by atoms with Crippen LogP contribution in [-0.4, -0.2) is 12.0 Å². The summed E-state index contributed by atoms with van der Waals surface area (Å²) in [5, 5.41) is 5.41. The number of pyridine rings is 1. The second-order valence-electron chi connectivity index (χ2n) is 3.59. The average Bonchev–Trinajstić information content (AvgIpc) is 2.69. The van der Waals surface area contributed by atoms with Crippen LogP contribution in [-0.2, 0) is 0 Å². The maximum Gasteiger partial charge on any atom is 0.0695 e. The van der Waals surface area contributed by atoms with Crippen molar-refractivity contribution >= 4 is 27.3 Å². The SMILES string of the molecule is CNC(c1ccc(C)nc1)c1sccc1Br. The van der Waals surface area contributed by atoms with E-state index in [0.717, 1.165) is 10.2 Å². The van der Waals surface area contributed by atoms with Gasteiger partial charge in [-0.3, -0.25) is 4.98 Å². The highest BCUT2D eigenvalue weighted by Gasteiger charge is 2.16. The number of thiophene rings is 1. The van der Waals surface area contributed by atoms with E-state index in [-0.39, 0.29) is 6.04 Å². The molecule has 2 heterocycles. The predicted octanol–water partition coefficient (Wildman–Crippen LogP) is 3.52. The van der Waals surface area contributed by atoms with Crippen molar-refractivity contribution in [1.82, 2.24) is 10.3 Å². The zero-order chi connectivity index (χ0) is 11.5. The highest BCUT2D eigenvalue weighted by atomic mass is 79.9. The van der Waals surface area contributed by atoms with Crippen LogP contribution < -0.4 is 5.32 Å². The maximum atomic E-state index is 4.34. The minimum atomic E-state index is 0.211. The van der Waals surface area contributed by atoms with Crippen molar-refractivity contribution in [2.75, 3.05) is 7.05 Å². The topological polar surface area (TPSA) is 24.9 Å². The van der Waals surface area contributed by atoms with Crippen LogP contribution >= 0.6 is 27.3 Å². The quantitative estimate of drug-likeness (QED) is 0.937. The Labute approximate surface area is 108 Å². The summed E-state index contributed by atoms with van der Waals surface area (Å²) in [6.45, 7) is 2.00. The molecule has 0 bridgehead atoms. The molecule has 4 heteroatoms. The van der Waals surface area contributed by atoms with Gasteiger partial charge < -0.3 is 5.32 Å². The highest BCUT2D eigenvalue weighted by Crippen LogP contribution is 2.32. The lowest BCUT2D eigenvalue weighted by atomic mass is 10.1. The van der Waals surface area contributed by atoms with Crippen molar-refractivity contribution in [2.45, 2.75) is 13.0 Å². The molecule has 1 unspecified atom stereocenters. The van der Waals surface area contributed by atoms with Gasteiger partial charge in [-0.25, -0.2) is 0 Å². The van der Waals surface area contributed by atoms with Gasteiger partial charge in [0.1, 0.15) is 0 Å². The fourth-order valence-corrected chi connectivity index (χ4v) is 3.35. The van der Waals surface area contributed by atoms with Crippen molar-refractivity contribution in [1.29, 1.82) is 0 Å². The van der Waals surface area contributed by atoms with Gasteiger partial charge in [-0.15, -0.1) is 11.3 Å². The Bertz CT molecular complexity index is 464. The number of hydrogen-bond acceptors (Lipinski definition) is 3. The number of hydrogen-bond donors (Lipinski definition) is 1. The molecule has 16 heavy (non-hydrogen) atoms. The van der Waals surface area contributed by atoms with E-state index in [4.69, 9.17) is 0 Å². The molecule has 1 N–H and O–H groups in total. The van der Waals surface area contributed by atoms with Crippen LogP contribution in [0, 0.1) is 6.92 Å². The van der Waals surface area contributed by atoms with Crippen LogP contribution in [0.3, 0.4) is 0 Å². The third-order valence-corrected chi connectivity index (χ3v) is 4.40. The molecule has 84 valence electrons. The second-order valence-corrected chi connectivity index (χ2v) is 5.39. The molecule has 0 amide bonds. The Kier molecular flexibility index (Phi) is 3.74. The van der Waals surface area contributed by atoms with E-state index in [1.165, 1.54) is 10.4 Å². The summed E-state index contributed by atoms with van der Waals surface area (Å²) in [6.07, 6.45) is 1.93. The zero-order valence-electron chi connectivity index (χ0n) is 9.20. The molecule has 2 aromatic heterocycles. The molecule has 0 aliphatic heterocycles. The first-order chi connectivity index (χ1) is 7.72. The van der Waals surface area contributed by atoms with Gasteiger partial charge in [-0.1, -0.05) is 6.07 Å². The third-order valence-electron chi connectivity index (χ3n) is 2.46. The van der Waals surface area contributed by atoms with Crippen LogP contribution in [0.1, 0.15) is 22.2 Å². The van der Waals surface area contributed by atoms with Crippen LogP contribution in [0.25, 0.3) is 0 Å². The lowest BCUT2D eigenvalue weighted by Gasteiger charge is -2.15. The Morgan fingerprint density at radius 2 is 2.19 bits per heavy atom. The van der Waals surface area contributed by atoms with E-state index in [0.29, 0.717) is 0 Å². The molecule has 0 saturated carbocycles. The van der Waals surface area contributed by atoms with Gasteiger partial charge in [0.2, 0.25) is 0 Å². The molecular weight excluding hydrogens is 284 g/mol. The van der Waals surface area contributed by atoms with Gasteiger partial charge >= 0.3 is 0 Å². The zero-order valence-corrected chi connectivity index (χ0v) is 11.6. The van der Waals surface area contributed by atoms with Crippen molar-refractivity contribution in [3.8, 4) is 0 Å². The third kappa shape index (κ3) is 2.34. The molecule has 2 rings (SSSR count). The van der Waals surface area contributed by atoms with Gasteiger partial charge in [-0.05, 0) is 53.0 Å². The molecule has 1 atom stereocenters. The van der Waals surface area contributed by atoms with Crippen LogP contribution in [0.2, 0.25) is 0 Å². The summed E-state index contributed by atoms with van der Waals surface area (Å²) in [5.74, 6) is 0. The summed E-state index contributed by atoms with van der Waals surface area (Å²) in [5.41, 5.74) is 2.24. The van der Waals surface area contributed by atoms with E-state index < -0.39 is 0 Å². The predicted molar refractivity (Wildman–Crippen MR) is 71.9 cm³/mol. The molecule has 0 aliphatic carbocycles. The Morgan fingerprint density at radius 1 is 1.38 bits per heavy atom. The fourth-order valence-electron chi connectivity index (χ4n) is 1.61. The van der Waals surface area contributed by atoms with Gasteiger partial charge in [0.05, 0.1) is 6.04 Å². The standard InChI is InChI=1S/C12H13BrN2S/c1-8-3-4-9(7-15-8)11(14-2)12-10(13)5-6-16-12/h3-7,11,14H,1-2H3. The Hall–Kier alpha value is -0.710. The smallest absolute Gasteiger partial charge is 0.0695 e. The number of rotatable bonds is 3. The van der Waals surface area contributed by atoms with Crippen molar-refractivity contribution in [3.63, 3.8) is 0 Å². The average molecular weight is 297 g/mol.